The van der Waals surface area contributed by atoms with Gasteiger partial charge in [0.1, 0.15) is 17.6 Å². The molecule has 1 heterocycles. The van der Waals surface area contributed by atoms with E-state index in [0.717, 1.165) is 30.3 Å². The molecule has 0 saturated carbocycles. The molecule has 0 aliphatic carbocycles. The highest BCUT2D eigenvalue weighted by molar-refractivity contribution is 7.92. The smallest absolute Gasteiger partial charge is 0.262 e. The summed E-state index contributed by atoms with van der Waals surface area (Å²) in [6.45, 7) is 0. The Hall–Kier alpha value is -2.60. The number of nitrogens with one attached hydrogen (secondary N) is 1. The molecule has 0 spiro atoms. The average Bonchev–Trinajstić information content (AvgIpc) is 2.42. The van der Waals surface area contributed by atoms with Crippen molar-refractivity contribution < 1.29 is 21.6 Å². The third-order valence-corrected chi connectivity index (χ3v) is 3.79. The number of aromatic nitrogens is 1. The minimum absolute atomic E-state index is 0.441. The number of pyridine rings is 1. The number of hydrogen-bond acceptors (Lipinski definition) is 4. The van der Waals surface area contributed by atoms with E-state index in [1.165, 1.54) is 6.07 Å². The number of halogens is 3. The first-order valence-electron chi connectivity index (χ1n) is 5.38. The molecule has 2 aromatic rings. The van der Waals surface area contributed by atoms with E-state index in [1.54, 1.807) is 0 Å². The van der Waals surface area contributed by atoms with E-state index in [0.29, 0.717) is 0 Å². The summed E-state index contributed by atoms with van der Waals surface area (Å²) in [5.41, 5.74) is -1.05. The summed E-state index contributed by atoms with van der Waals surface area (Å²) < 4.78 is 64.9. The topological polar surface area (TPSA) is 82.8 Å². The summed E-state index contributed by atoms with van der Waals surface area (Å²) in [6, 6.07) is 5.61. The maximum atomic E-state index is 13.3. The van der Waals surface area contributed by atoms with Gasteiger partial charge in [-0.3, -0.25) is 4.72 Å². The monoisotopic (exact) mass is 313 g/mol. The molecule has 0 atom stereocenters. The SMILES string of the molecule is N#Cc1cc(S(=O)(=O)Nc2ccc(F)nc2F)ccc1F. The lowest BCUT2D eigenvalue weighted by atomic mass is 10.2. The molecule has 0 saturated heterocycles. The van der Waals surface area contributed by atoms with Gasteiger partial charge in [0.05, 0.1) is 10.5 Å². The van der Waals surface area contributed by atoms with Crippen LogP contribution in [0.5, 0.6) is 0 Å². The highest BCUT2D eigenvalue weighted by Crippen LogP contribution is 2.20. The zero-order chi connectivity index (χ0) is 15.6. The Balaban J connectivity index is 2.41. The van der Waals surface area contributed by atoms with Crippen molar-refractivity contribution >= 4 is 15.7 Å². The normalized spacial score (nSPS) is 11.0. The van der Waals surface area contributed by atoms with Gasteiger partial charge < -0.3 is 0 Å². The fraction of sp³-hybridized carbons (Fsp3) is 0. The molecule has 1 aromatic carbocycles. The van der Waals surface area contributed by atoms with Gasteiger partial charge in [0, 0.05) is 0 Å². The van der Waals surface area contributed by atoms with Crippen LogP contribution in [-0.2, 0) is 10.0 Å². The van der Waals surface area contributed by atoms with Crippen molar-refractivity contribution in [2.24, 2.45) is 0 Å². The van der Waals surface area contributed by atoms with E-state index in [-0.39, 0.29) is 0 Å². The maximum Gasteiger partial charge on any atom is 0.262 e. The second kappa shape index (κ2) is 5.41. The van der Waals surface area contributed by atoms with Crippen molar-refractivity contribution in [3.63, 3.8) is 0 Å². The molecule has 1 N–H and O–H groups in total. The number of anilines is 1. The Morgan fingerprint density at radius 3 is 2.48 bits per heavy atom. The van der Waals surface area contributed by atoms with Crippen molar-refractivity contribution in [2.75, 3.05) is 4.72 Å². The number of hydrogen-bond donors (Lipinski definition) is 1. The van der Waals surface area contributed by atoms with Crippen LogP contribution in [0, 0.1) is 29.0 Å². The van der Waals surface area contributed by atoms with Crippen LogP contribution in [-0.4, -0.2) is 13.4 Å². The predicted octanol–water partition coefficient (Wildman–Crippen LogP) is 2.17. The lowest BCUT2D eigenvalue weighted by molar-refractivity contribution is 0.515. The molecule has 9 heteroatoms. The fourth-order valence-corrected chi connectivity index (χ4v) is 2.53. The second-order valence-corrected chi connectivity index (χ2v) is 5.51. The molecule has 108 valence electrons. The van der Waals surface area contributed by atoms with Crippen LogP contribution in [0.2, 0.25) is 0 Å². The van der Waals surface area contributed by atoms with Gasteiger partial charge in [0.2, 0.25) is 11.9 Å². The number of benzene rings is 1. The van der Waals surface area contributed by atoms with Crippen LogP contribution in [0.3, 0.4) is 0 Å². The molecule has 2 rings (SSSR count). The van der Waals surface area contributed by atoms with E-state index in [9.17, 15) is 21.6 Å². The largest absolute Gasteiger partial charge is 0.275 e. The van der Waals surface area contributed by atoms with Crippen LogP contribution >= 0.6 is 0 Å². The molecule has 0 aliphatic heterocycles. The number of nitriles is 1. The summed E-state index contributed by atoms with van der Waals surface area (Å²) in [7, 11) is -4.27. The average molecular weight is 313 g/mol. The van der Waals surface area contributed by atoms with Crippen molar-refractivity contribution in [3.05, 3.63) is 53.6 Å². The molecule has 21 heavy (non-hydrogen) atoms. The van der Waals surface area contributed by atoms with Gasteiger partial charge >= 0.3 is 0 Å². The van der Waals surface area contributed by atoms with Gasteiger partial charge in [-0.1, -0.05) is 0 Å². The summed E-state index contributed by atoms with van der Waals surface area (Å²) in [4.78, 5) is 2.39. The Morgan fingerprint density at radius 1 is 1.14 bits per heavy atom. The molecular formula is C12H6F3N3O2S. The Kier molecular flexibility index (Phi) is 3.82. The van der Waals surface area contributed by atoms with Gasteiger partial charge in [-0.25, -0.2) is 12.8 Å². The van der Waals surface area contributed by atoms with Gasteiger partial charge in [-0.15, -0.1) is 0 Å². The van der Waals surface area contributed by atoms with Crippen LogP contribution in [0.25, 0.3) is 0 Å². The highest BCUT2D eigenvalue weighted by atomic mass is 32.2. The summed E-state index contributed by atoms with van der Waals surface area (Å²) >= 11 is 0. The van der Waals surface area contributed by atoms with E-state index in [4.69, 9.17) is 5.26 Å². The zero-order valence-corrected chi connectivity index (χ0v) is 11.0. The van der Waals surface area contributed by atoms with Crippen LogP contribution in [0.1, 0.15) is 5.56 Å². The second-order valence-electron chi connectivity index (χ2n) is 3.83. The summed E-state index contributed by atoms with van der Waals surface area (Å²) in [6.07, 6.45) is 0. The molecular weight excluding hydrogens is 307 g/mol. The van der Waals surface area contributed by atoms with Gasteiger partial charge in [0.25, 0.3) is 10.0 Å². The van der Waals surface area contributed by atoms with Crippen LogP contribution < -0.4 is 4.72 Å². The first-order chi connectivity index (χ1) is 9.83. The van der Waals surface area contributed by atoms with E-state index in [2.05, 4.69) is 4.98 Å². The van der Waals surface area contributed by atoms with Crippen molar-refractivity contribution in [1.82, 2.24) is 4.98 Å². The Morgan fingerprint density at radius 2 is 1.86 bits per heavy atom. The van der Waals surface area contributed by atoms with Crippen molar-refractivity contribution in [3.8, 4) is 6.07 Å². The minimum atomic E-state index is -4.27. The third-order valence-electron chi connectivity index (χ3n) is 2.43. The predicted molar refractivity (Wildman–Crippen MR) is 66.1 cm³/mol. The molecule has 0 unspecified atom stereocenters. The van der Waals surface area contributed by atoms with Crippen molar-refractivity contribution in [2.45, 2.75) is 4.90 Å². The van der Waals surface area contributed by atoms with Crippen molar-refractivity contribution in [1.29, 1.82) is 5.26 Å². The minimum Gasteiger partial charge on any atom is -0.275 e. The lowest BCUT2D eigenvalue weighted by Crippen LogP contribution is -2.15. The standard InChI is InChI=1S/C12H6F3N3O2S/c13-9-2-1-8(5-7(9)6-16)21(19,20)18-10-3-4-11(14)17-12(10)15/h1-5,18H. The molecule has 0 amide bonds. The van der Waals surface area contributed by atoms with Gasteiger partial charge in [0.15, 0.2) is 0 Å². The third kappa shape index (κ3) is 3.11. The molecule has 0 fully saturated rings. The molecule has 0 bridgehead atoms. The molecule has 5 nitrogen and oxygen atoms in total. The zero-order valence-electron chi connectivity index (χ0n) is 10.1. The Labute approximate surface area is 117 Å². The quantitative estimate of drug-likeness (QED) is 0.880. The fourth-order valence-electron chi connectivity index (χ4n) is 1.45. The van der Waals surface area contributed by atoms with E-state index < -0.39 is 43.9 Å². The highest BCUT2D eigenvalue weighted by Gasteiger charge is 2.19. The summed E-state index contributed by atoms with van der Waals surface area (Å²) in [5.74, 6) is -3.34. The summed E-state index contributed by atoms with van der Waals surface area (Å²) in [5, 5.41) is 8.66. The number of sulfonamides is 1. The lowest BCUT2D eigenvalue weighted by Gasteiger charge is -2.08. The molecule has 1 aromatic heterocycles. The van der Waals surface area contributed by atoms with E-state index >= 15 is 0 Å². The number of rotatable bonds is 3. The van der Waals surface area contributed by atoms with Crippen LogP contribution in [0.4, 0.5) is 18.9 Å². The first kappa shape index (κ1) is 14.8. The van der Waals surface area contributed by atoms with Gasteiger partial charge in [-0.05, 0) is 30.3 Å². The van der Waals surface area contributed by atoms with Crippen LogP contribution in [0.15, 0.2) is 35.2 Å². The first-order valence-corrected chi connectivity index (χ1v) is 6.86. The van der Waals surface area contributed by atoms with Gasteiger partial charge in [-0.2, -0.15) is 19.0 Å². The molecule has 0 aliphatic rings. The molecule has 0 radical (unpaired) electrons. The van der Waals surface area contributed by atoms with E-state index in [1.807, 2.05) is 4.72 Å². The maximum absolute atomic E-state index is 13.3. The Bertz CT molecular complexity index is 847. The number of nitrogens with zero attached hydrogens (tertiary/aromatic N) is 2.